The van der Waals surface area contributed by atoms with Gasteiger partial charge in [0.2, 0.25) is 0 Å². The van der Waals surface area contributed by atoms with Gasteiger partial charge in [-0.1, -0.05) is 67.6 Å². The van der Waals surface area contributed by atoms with Crippen molar-refractivity contribution in [2.75, 3.05) is 0 Å². The van der Waals surface area contributed by atoms with E-state index in [1.54, 1.807) is 0 Å². The highest BCUT2D eigenvalue weighted by Crippen LogP contribution is 2.36. The Balaban J connectivity index is 1.99. The topological polar surface area (TPSA) is 52.5 Å². The summed E-state index contributed by atoms with van der Waals surface area (Å²) in [6, 6.07) is 24.9. The third-order valence-electron chi connectivity index (χ3n) is 4.85. The molecule has 2 aromatic heterocycles. The van der Waals surface area contributed by atoms with Gasteiger partial charge in [-0.2, -0.15) is 5.26 Å². The van der Waals surface area contributed by atoms with Gasteiger partial charge in [0, 0.05) is 22.7 Å². The maximum absolute atomic E-state index is 9.94. The second-order valence-electron chi connectivity index (χ2n) is 6.56. The van der Waals surface area contributed by atoms with E-state index in [1.807, 2.05) is 43.3 Å². The van der Waals surface area contributed by atoms with Crippen molar-refractivity contribution < 1.29 is 0 Å². The van der Waals surface area contributed by atoms with Gasteiger partial charge in [0.1, 0.15) is 11.7 Å². The Kier molecular flexibility index (Phi) is 4.02. The minimum absolute atomic E-state index is 0.0870. The van der Waals surface area contributed by atoms with Gasteiger partial charge < -0.3 is 4.98 Å². The van der Waals surface area contributed by atoms with E-state index in [-0.39, 0.29) is 5.92 Å². The highest BCUT2D eigenvalue weighted by atomic mass is 14.9. The van der Waals surface area contributed by atoms with Crippen LogP contribution in [-0.4, -0.2) is 9.97 Å². The fraction of sp³-hybridized carbons (Fsp3) is 0.130. The zero-order valence-electron chi connectivity index (χ0n) is 14.8. The molecule has 0 radical (unpaired) electrons. The normalized spacial score (nSPS) is 12.0. The molecule has 1 N–H and O–H groups in total. The minimum atomic E-state index is 0.0870. The molecule has 3 nitrogen and oxygen atoms in total. The van der Waals surface area contributed by atoms with Crippen LogP contribution in [0.2, 0.25) is 0 Å². The predicted molar refractivity (Wildman–Crippen MR) is 105 cm³/mol. The Hall–Kier alpha value is -3.38. The molecule has 126 valence electrons. The number of aromatic amines is 1. The highest BCUT2D eigenvalue weighted by molar-refractivity contribution is 5.98. The first-order valence-electron chi connectivity index (χ1n) is 8.72. The number of aromatic nitrogens is 2. The van der Waals surface area contributed by atoms with Gasteiger partial charge in [-0.05, 0) is 29.7 Å². The SMILES string of the molecule is Cc1cc(-c2ccccc2)c2c(C#N)c(C(C)c3ccccc3)[nH]c2n1. The summed E-state index contributed by atoms with van der Waals surface area (Å²) in [6.45, 7) is 4.11. The fourth-order valence-electron chi connectivity index (χ4n) is 3.54. The quantitative estimate of drug-likeness (QED) is 0.532. The first-order chi connectivity index (χ1) is 12.7. The van der Waals surface area contributed by atoms with Crippen LogP contribution in [0.25, 0.3) is 22.2 Å². The van der Waals surface area contributed by atoms with Crippen molar-refractivity contribution in [1.82, 2.24) is 9.97 Å². The Bertz CT molecular complexity index is 1100. The number of hydrogen-bond acceptors (Lipinski definition) is 2. The number of aryl methyl sites for hydroxylation is 1. The summed E-state index contributed by atoms with van der Waals surface area (Å²) < 4.78 is 0. The molecular formula is C23H19N3. The Morgan fingerprint density at radius 1 is 1.00 bits per heavy atom. The molecule has 0 aliphatic rings. The average molecular weight is 337 g/mol. The monoisotopic (exact) mass is 337 g/mol. The number of benzene rings is 2. The second-order valence-corrected chi connectivity index (χ2v) is 6.56. The van der Waals surface area contributed by atoms with Crippen LogP contribution in [0, 0.1) is 18.3 Å². The maximum atomic E-state index is 9.94. The van der Waals surface area contributed by atoms with Gasteiger partial charge >= 0.3 is 0 Å². The molecule has 26 heavy (non-hydrogen) atoms. The standard InChI is InChI=1S/C23H19N3/c1-15-13-19(18-11-7-4-8-12-18)21-20(14-24)22(26-23(21)25-15)16(2)17-9-5-3-6-10-17/h3-13,16H,1-2H3,(H,25,26). The average Bonchev–Trinajstić information content (AvgIpc) is 3.06. The maximum Gasteiger partial charge on any atom is 0.139 e. The summed E-state index contributed by atoms with van der Waals surface area (Å²) in [5.74, 6) is 0.0870. The largest absolute Gasteiger partial charge is 0.341 e. The molecule has 0 aliphatic heterocycles. The Morgan fingerprint density at radius 3 is 2.31 bits per heavy atom. The van der Waals surface area contributed by atoms with Crippen LogP contribution in [0.4, 0.5) is 0 Å². The van der Waals surface area contributed by atoms with Crippen LogP contribution < -0.4 is 0 Å². The van der Waals surface area contributed by atoms with Crippen molar-refractivity contribution in [1.29, 1.82) is 5.26 Å². The smallest absolute Gasteiger partial charge is 0.139 e. The number of rotatable bonds is 3. The van der Waals surface area contributed by atoms with Crippen molar-refractivity contribution in [2.24, 2.45) is 0 Å². The summed E-state index contributed by atoms with van der Waals surface area (Å²) >= 11 is 0. The van der Waals surface area contributed by atoms with Gasteiger partial charge in [0.05, 0.1) is 5.56 Å². The van der Waals surface area contributed by atoms with Crippen molar-refractivity contribution >= 4 is 11.0 Å². The molecule has 4 rings (SSSR count). The van der Waals surface area contributed by atoms with Gasteiger partial charge in [-0.25, -0.2) is 4.98 Å². The molecule has 0 saturated carbocycles. The van der Waals surface area contributed by atoms with Crippen molar-refractivity contribution in [3.05, 3.63) is 89.2 Å². The van der Waals surface area contributed by atoms with E-state index in [0.717, 1.165) is 33.5 Å². The molecule has 2 heterocycles. The van der Waals surface area contributed by atoms with Crippen molar-refractivity contribution in [3.8, 4) is 17.2 Å². The van der Waals surface area contributed by atoms with E-state index in [4.69, 9.17) is 0 Å². The number of pyridine rings is 1. The number of fused-ring (bicyclic) bond motifs is 1. The summed E-state index contributed by atoms with van der Waals surface area (Å²) in [6.07, 6.45) is 0. The lowest BCUT2D eigenvalue weighted by molar-refractivity contribution is 0.882. The van der Waals surface area contributed by atoms with Crippen LogP contribution >= 0.6 is 0 Å². The fourth-order valence-corrected chi connectivity index (χ4v) is 3.54. The van der Waals surface area contributed by atoms with Crippen LogP contribution in [0.3, 0.4) is 0 Å². The molecule has 0 aliphatic carbocycles. The number of nitriles is 1. The summed E-state index contributed by atoms with van der Waals surface area (Å²) in [7, 11) is 0. The van der Waals surface area contributed by atoms with E-state index >= 15 is 0 Å². The van der Waals surface area contributed by atoms with E-state index in [2.05, 4.69) is 53.3 Å². The van der Waals surface area contributed by atoms with Crippen LogP contribution in [0.1, 0.15) is 35.4 Å². The summed E-state index contributed by atoms with van der Waals surface area (Å²) in [4.78, 5) is 8.09. The Morgan fingerprint density at radius 2 is 1.65 bits per heavy atom. The van der Waals surface area contributed by atoms with E-state index in [1.165, 1.54) is 5.56 Å². The minimum Gasteiger partial charge on any atom is -0.341 e. The molecule has 3 heteroatoms. The predicted octanol–water partition coefficient (Wildman–Crippen LogP) is 5.56. The molecular weight excluding hydrogens is 318 g/mol. The zero-order chi connectivity index (χ0) is 18.1. The third kappa shape index (κ3) is 2.66. The molecule has 4 aromatic rings. The zero-order valence-corrected chi connectivity index (χ0v) is 14.8. The van der Waals surface area contributed by atoms with E-state index in [0.29, 0.717) is 5.56 Å². The van der Waals surface area contributed by atoms with Crippen LogP contribution in [0.15, 0.2) is 66.7 Å². The van der Waals surface area contributed by atoms with Gasteiger partial charge in [-0.15, -0.1) is 0 Å². The van der Waals surface area contributed by atoms with Crippen LogP contribution in [0.5, 0.6) is 0 Å². The van der Waals surface area contributed by atoms with Gasteiger partial charge in [-0.3, -0.25) is 0 Å². The number of nitrogens with one attached hydrogen (secondary N) is 1. The molecule has 1 unspecified atom stereocenters. The first kappa shape index (κ1) is 16.1. The molecule has 0 fully saturated rings. The summed E-state index contributed by atoms with van der Waals surface area (Å²) in [5.41, 5.74) is 6.63. The lowest BCUT2D eigenvalue weighted by atomic mass is 9.93. The molecule has 0 spiro atoms. The van der Waals surface area contributed by atoms with E-state index in [9.17, 15) is 5.26 Å². The molecule has 0 amide bonds. The Labute approximate surface area is 153 Å². The molecule has 2 aromatic carbocycles. The van der Waals surface area contributed by atoms with Gasteiger partial charge in [0.15, 0.2) is 0 Å². The number of hydrogen-bond donors (Lipinski definition) is 1. The molecule has 0 saturated heterocycles. The third-order valence-corrected chi connectivity index (χ3v) is 4.85. The number of nitrogens with zero attached hydrogens (tertiary/aromatic N) is 2. The van der Waals surface area contributed by atoms with E-state index < -0.39 is 0 Å². The number of H-pyrrole nitrogens is 1. The highest BCUT2D eigenvalue weighted by Gasteiger charge is 2.21. The summed E-state index contributed by atoms with van der Waals surface area (Å²) in [5, 5.41) is 10.8. The van der Waals surface area contributed by atoms with Crippen molar-refractivity contribution in [2.45, 2.75) is 19.8 Å². The van der Waals surface area contributed by atoms with Crippen LogP contribution in [-0.2, 0) is 0 Å². The lowest BCUT2D eigenvalue weighted by Crippen LogP contribution is -1.98. The van der Waals surface area contributed by atoms with Crippen molar-refractivity contribution in [3.63, 3.8) is 0 Å². The first-order valence-corrected chi connectivity index (χ1v) is 8.72. The molecule has 0 bridgehead atoms. The van der Waals surface area contributed by atoms with Gasteiger partial charge in [0.25, 0.3) is 0 Å². The second kappa shape index (κ2) is 6.50. The lowest BCUT2D eigenvalue weighted by Gasteiger charge is -2.10. The molecule has 1 atom stereocenters.